The lowest BCUT2D eigenvalue weighted by atomic mass is 10.1. The van der Waals surface area contributed by atoms with Crippen LogP contribution >= 0.6 is 36.7 Å². The number of imidazole rings is 1. The third-order valence-corrected chi connectivity index (χ3v) is 10.2. The van der Waals surface area contributed by atoms with E-state index in [1.807, 2.05) is 47.0 Å². The lowest BCUT2D eigenvalue weighted by molar-refractivity contribution is 0.00346. The SMILES string of the molecule is C[SH](C)(C)(C)CCOCn1c(O[C@@H]2COC3C2OC[C@H]3O)nc2nc(-c3ccc(-c4ccc(Br)cn4)cc3)c(Cl)cc21. The molecule has 3 aromatic heterocycles. The molecule has 6 rings (SSSR count). The Balaban J connectivity index is 1.30. The van der Waals surface area contributed by atoms with Crippen molar-refractivity contribution in [3.8, 4) is 28.5 Å². The molecule has 12 heteroatoms. The van der Waals surface area contributed by atoms with Gasteiger partial charge in [-0.1, -0.05) is 35.9 Å². The van der Waals surface area contributed by atoms with Gasteiger partial charge in [0.15, 0.2) is 11.8 Å². The van der Waals surface area contributed by atoms with Crippen LogP contribution in [0.3, 0.4) is 0 Å². The van der Waals surface area contributed by atoms with Gasteiger partial charge in [-0.2, -0.15) is 4.98 Å². The molecule has 0 aliphatic carbocycles. The molecule has 4 atom stereocenters. The Kier molecular flexibility index (Phi) is 8.05. The zero-order chi connectivity index (χ0) is 29.7. The molecule has 2 saturated heterocycles. The van der Waals surface area contributed by atoms with Crippen molar-refractivity contribution in [1.82, 2.24) is 19.5 Å². The summed E-state index contributed by atoms with van der Waals surface area (Å²) in [5, 5.41) is 10.7. The minimum atomic E-state index is -1.72. The predicted molar refractivity (Wildman–Crippen MR) is 172 cm³/mol. The van der Waals surface area contributed by atoms with Crippen LogP contribution in [-0.2, 0) is 20.9 Å². The Hall–Kier alpha value is -2.25. The molecule has 226 valence electrons. The van der Waals surface area contributed by atoms with Gasteiger partial charge in [0.25, 0.3) is 0 Å². The molecule has 0 radical (unpaired) electrons. The molecule has 2 aliphatic rings. The van der Waals surface area contributed by atoms with Crippen LogP contribution in [0.15, 0.2) is 53.1 Å². The number of halogens is 2. The predicted octanol–water partition coefficient (Wildman–Crippen LogP) is 5.05. The van der Waals surface area contributed by atoms with Crippen LogP contribution in [0.1, 0.15) is 0 Å². The highest BCUT2D eigenvalue weighted by Crippen LogP contribution is 2.54. The lowest BCUT2D eigenvalue weighted by Crippen LogP contribution is -2.35. The molecule has 1 N–H and O–H groups in total. The quantitative estimate of drug-likeness (QED) is 0.187. The maximum atomic E-state index is 10.2. The zero-order valence-corrected chi connectivity index (χ0v) is 27.3. The second-order valence-electron chi connectivity index (χ2n) is 13.0. The zero-order valence-electron chi connectivity index (χ0n) is 24.0. The summed E-state index contributed by atoms with van der Waals surface area (Å²) in [4.78, 5) is 14.1. The number of nitrogens with zero attached hydrogens (tertiary/aromatic N) is 4. The first-order valence-corrected chi connectivity index (χ1v) is 19.2. The van der Waals surface area contributed by atoms with Gasteiger partial charge in [-0.05, 0) is 64.9 Å². The Morgan fingerprint density at radius 3 is 2.48 bits per heavy atom. The van der Waals surface area contributed by atoms with Crippen molar-refractivity contribution in [3.63, 3.8) is 0 Å². The Morgan fingerprint density at radius 2 is 1.76 bits per heavy atom. The molecule has 0 spiro atoms. The summed E-state index contributed by atoms with van der Waals surface area (Å²) in [6, 6.07) is 14.1. The Morgan fingerprint density at radius 1 is 1.02 bits per heavy atom. The van der Waals surface area contributed by atoms with Crippen LogP contribution in [0.5, 0.6) is 6.01 Å². The van der Waals surface area contributed by atoms with Gasteiger partial charge in [0.05, 0.1) is 41.7 Å². The number of aliphatic hydroxyl groups excluding tert-OH is 1. The molecule has 2 unspecified atom stereocenters. The first-order valence-electron chi connectivity index (χ1n) is 13.9. The molecule has 0 amide bonds. The summed E-state index contributed by atoms with van der Waals surface area (Å²) in [6.07, 6.45) is 9.24. The van der Waals surface area contributed by atoms with E-state index < -0.39 is 27.5 Å². The number of hydrogen-bond acceptors (Lipinski definition) is 8. The first-order chi connectivity index (χ1) is 19.9. The van der Waals surface area contributed by atoms with Gasteiger partial charge >= 0.3 is 6.01 Å². The minimum Gasteiger partial charge on any atom is -0.456 e. The van der Waals surface area contributed by atoms with Crippen LogP contribution < -0.4 is 4.74 Å². The molecule has 1 aromatic carbocycles. The van der Waals surface area contributed by atoms with E-state index in [-0.39, 0.29) is 19.4 Å². The van der Waals surface area contributed by atoms with Crippen molar-refractivity contribution in [1.29, 1.82) is 0 Å². The maximum Gasteiger partial charge on any atom is 0.301 e. The Bertz CT molecular complexity index is 1580. The van der Waals surface area contributed by atoms with Crippen molar-refractivity contribution in [2.24, 2.45) is 0 Å². The average Bonchev–Trinajstić information content (AvgIpc) is 3.61. The highest BCUT2D eigenvalue weighted by atomic mass is 79.9. The number of rotatable bonds is 9. The number of pyridine rings is 2. The summed E-state index contributed by atoms with van der Waals surface area (Å²) in [7, 11) is -1.72. The standard InChI is InChI=1S/C30H36BrClN4O5S/c1-42(2,3,4)12-11-38-17-36-23-13-21(32)26(19-7-5-18(6-8-19)22-10-9-20(31)14-33-22)34-29(23)35-30(36)41-25-16-40-27-24(37)15-39-28(25)27/h5-10,13-14,24-25,27-28,37,42H,11-12,15-17H2,1-4H3/t24-,25-,27?,28?/m1/s1. The first kappa shape index (κ1) is 29.8. The minimum absolute atomic E-state index is 0.222. The molecule has 9 nitrogen and oxygen atoms in total. The summed E-state index contributed by atoms with van der Waals surface area (Å²) in [6.45, 7) is 1.36. The molecule has 0 bridgehead atoms. The van der Waals surface area contributed by atoms with Gasteiger partial charge in [-0.15, -0.1) is 0 Å². The fourth-order valence-corrected chi connectivity index (χ4v) is 6.38. The molecule has 2 fully saturated rings. The van der Waals surface area contributed by atoms with Crippen LogP contribution in [0.25, 0.3) is 33.7 Å². The number of benzene rings is 1. The van der Waals surface area contributed by atoms with Crippen molar-refractivity contribution in [2.45, 2.75) is 31.1 Å². The largest absolute Gasteiger partial charge is 0.456 e. The van der Waals surface area contributed by atoms with Crippen LogP contribution in [0.4, 0.5) is 0 Å². The Labute approximate surface area is 258 Å². The van der Waals surface area contributed by atoms with Gasteiger partial charge in [0.1, 0.15) is 25.0 Å². The summed E-state index contributed by atoms with van der Waals surface area (Å²) in [5.74, 6) is 0.995. The molecule has 4 aromatic rings. The van der Waals surface area contributed by atoms with Gasteiger partial charge in [0.2, 0.25) is 0 Å². The van der Waals surface area contributed by atoms with Crippen molar-refractivity contribution < 1.29 is 24.1 Å². The average molecular weight is 680 g/mol. The molecule has 2 aliphatic heterocycles. The number of aliphatic hydroxyl groups is 1. The molecular formula is C30H36BrClN4O5S. The summed E-state index contributed by atoms with van der Waals surface area (Å²) in [5.41, 5.74) is 4.54. The monoisotopic (exact) mass is 678 g/mol. The normalized spacial score (nSPS) is 23.2. The van der Waals surface area contributed by atoms with E-state index in [9.17, 15) is 5.11 Å². The molecule has 0 saturated carbocycles. The summed E-state index contributed by atoms with van der Waals surface area (Å²) >= 11 is 10.3. The second kappa shape index (κ2) is 11.4. The van der Waals surface area contributed by atoms with Crippen LogP contribution in [-0.4, -0.2) is 99.6 Å². The third-order valence-electron chi connectivity index (χ3n) is 7.43. The van der Waals surface area contributed by atoms with Gasteiger partial charge in [-0.25, -0.2) is 4.98 Å². The van der Waals surface area contributed by atoms with Crippen molar-refractivity contribution in [2.75, 3.05) is 50.6 Å². The molecule has 5 heterocycles. The van der Waals surface area contributed by atoms with Gasteiger partial charge < -0.3 is 24.1 Å². The number of hydrogen-bond donors (Lipinski definition) is 2. The van der Waals surface area contributed by atoms with Gasteiger partial charge in [0, 0.05) is 21.8 Å². The van der Waals surface area contributed by atoms with E-state index in [0.29, 0.717) is 41.1 Å². The van der Waals surface area contributed by atoms with E-state index >= 15 is 0 Å². The third kappa shape index (κ3) is 6.47. The van der Waals surface area contributed by atoms with E-state index in [2.05, 4.69) is 45.9 Å². The highest BCUT2D eigenvalue weighted by Gasteiger charge is 2.49. The smallest absolute Gasteiger partial charge is 0.301 e. The topological polar surface area (TPSA) is 101 Å². The summed E-state index contributed by atoms with van der Waals surface area (Å²) < 4.78 is 26.8. The van der Waals surface area contributed by atoms with Crippen LogP contribution in [0, 0.1) is 0 Å². The van der Waals surface area contributed by atoms with Crippen LogP contribution in [0.2, 0.25) is 5.02 Å². The van der Waals surface area contributed by atoms with E-state index in [1.165, 1.54) is 0 Å². The molecular weight excluding hydrogens is 644 g/mol. The van der Waals surface area contributed by atoms with E-state index in [1.54, 1.807) is 6.20 Å². The van der Waals surface area contributed by atoms with Crippen molar-refractivity contribution in [3.05, 3.63) is 58.2 Å². The second-order valence-corrected chi connectivity index (χ2v) is 22.6. The number of fused-ring (bicyclic) bond motifs is 2. The fourth-order valence-electron chi connectivity index (χ4n) is 5.03. The van der Waals surface area contributed by atoms with Crippen molar-refractivity contribution >= 4 is 47.9 Å². The van der Waals surface area contributed by atoms with E-state index in [4.69, 9.17) is 40.5 Å². The van der Waals surface area contributed by atoms with Gasteiger partial charge in [-0.3, -0.25) is 18.7 Å². The fraction of sp³-hybridized carbons (Fsp3) is 0.433. The highest BCUT2D eigenvalue weighted by molar-refractivity contribution is 9.10. The van der Waals surface area contributed by atoms with E-state index in [0.717, 1.165) is 27.0 Å². The number of ether oxygens (including phenoxy) is 4. The molecule has 42 heavy (non-hydrogen) atoms. The maximum absolute atomic E-state index is 10.2. The number of thiol groups is 1. The lowest BCUT2D eigenvalue weighted by Gasteiger charge is -2.46. The number of aromatic nitrogens is 4.